The van der Waals surface area contributed by atoms with Crippen LogP contribution in [-0.4, -0.2) is 63.6 Å². The maximum absolute atomic E-state index is 9.51. The molecular formula is C15H32O5. The van der Waals surface area contributed by atoms with Crippen molar-refractivity contribution in [3.63, 3.8) is 0 Å². The molecule has 2 atom stereocenters. The van der Waals surface area contributed by atoms with E-state index in [1.54, 1.807) is 0 Å². The number of ether oxygens (including phenoxy) is 4. The molecule has 0 aliphatic carbocycles. The molecule has 0 aromatic carbocycles. The summed E-state index contributed by atoms with van der Waals surface area (Å²) in [4.78, 5) is 0. The van der Waals surface area contributed by atoms with Crippen molar-refractivity contribution in [2.75, 3.05) is 46.2 Å². The minimum Gasteiger partial charge on any atom is -0.390 e. The Bertz CT molecular complexity index is 189. The van der Waals surface area contributed by atoms with E-state index in [-0.39, 0.29) is 6.10 Å². The van der Waals surface area contributed by atoms with Crippen LogP contribution in [0, 0.1) is 0 Å². The number of aliphatic hydroxyl groups excluding tert-OH is 1. The molecule has 20 heavy (non-hydrogen) atoms. The van der Waals surface area contributed by atoms with Gasteiger partial charge in [0.15, 0.2) is 0 Å². The summed E-state index contributed by atoms with van der Waals surface area (Å²) in [6.07, 6.45) is 2.43. The van der Waals surface area contributed by atoms with E-state index in [1.807, 2.05) is 13.8 Å². The van der Waals surface area contributed by atoms with Gasteiger partial charge in [-0.05, 0) is 19.8 Å². The molecule has 0 aliphatic heterocycles. The zero-order chi connectivity index (χ0) is 15.1. The number of rotatable bonds is 15. The lowest BCUT2D eigenvalue weighted by atomic mass is 10.2. The molecule has 0 saturated heterocycles. The van der Waals surface area contributed by atoms with Crippen LogP contribution < -0.4 is 0 Å². The zero-order valence-electron chi connectivity index (χ0n) is 13.3. The lowest BCUT2D eigenvalue weighted by molar-refractivity contribution is -0.0540. The van der Waals surface area contributed by atoms with E-state index in [9.17, 15) is 5.11 Å². The largest absolute Gasteiger partial charge is 0.390 e. The third kappa shape index (κ3) is 12.8. The van der Waals surface area contributed by atoms with Crippen molar-refractivity contribution in [1.82, 2.24) is 0 Å². The Balaban J connectivity index is 3.10. The lowest BCUT2D eigenvalue weighted by Gasteiger charge is -2.17. The van der Waals surface area contributed by atoms with Gasteiger partial charge in [-0.1, -0.05) is 20.3 Å². The van der Waals surface area contributed by atoms with Crippen LogP contribution in [0.4, 0.5) is 0 Å². The standard InChI is InChI=1S/C15H32O5/c1-4-6-7-17-8-9-18-10-11-19-12-13-20-14(3)15(16)5-2/h14-16H,4-13H2,1-3H3. The summed E-state index contributed by atoms with van der Waals surface area (Å²) < 4.78 is 21.5. The summed E-state index contributed by atoms with van der Waals surface area (Å²) >= 11 is 0. The van der Waals surface area contributed by atoms with Crippen molar-refractivity contribution < 1.29 is 24.1 Å². The predicted molar refractivity (Wildman–Crippen MR) is 79.1 cm³/mol. The van der Waals surface area contributed by atoms with Gasteiger partial charge < -0.3 is 24.1 Å². The van der Waals surface area contributed by atoms with Crippen LogP contribution in [0.1, 0.15) is 40.0 Å². The summed E-state index contributed by atoms with van der Waals surface area (Å²) in [7, 11) is 0. The maximum atomic E-state index is 9.51. The summed E-state index contributed by atoms with van der Waals surface area (Å²) in [5.41, 5.74) is 0. The molecular weight excluding hydrogens is 260 g/mol. The molecule has 0 saturated carbocycles. The molecule has 0 rings (SSSR count). The van der Waals surface area contributed by atoms with Crippen LogP contribution in [0.3, 0.4) is 0 Å². The van der Waals surface area contributed by atoms with E-state index in [4.69, 9.17) is 18.9 Å². The fraction of sp³-hybridized carbons (Fsp3) is 1.00. The molecule has 0 radical (unpaired) electrons. The van der Waals surface area contributed by atoms with Crippen LogP contribution in [-0.2, 0) is 18.9 Å². The summed E-state index contributed by atoms with van der Waals surface area (Å²) in [5, 5.41) is 9.51. The first-order valence-corrected chi connectivity index (χ1v) is 7.75. The minimum absolute atomic E-state index is 0.139. The summed E-state index contributed by atoms with van der Waals surface area (Å²) in [5.74, 6) is 0. The molecule has 0 fully saturated rings. The molecule has 0 aromatic heterocycles. The topological polar surface area (TPSA) is 57.2 Å². The van der Waals surface area contributed by atoms with Gasteiger partial charge in [-0.3, -0.25) is 0 Å². The first-order chi connectivity index (χ1) is 9.72. The molecule has 1 N–H and O–H groups in total. The smallest absolute Gasteiger partial charge is 0.0806 e. The van der Waals surface area contributed by atoms with Gasteiger partial charge in [0.25, 0.3) is 0 Å². The first kappa shape index (κ1) is 19.8. The Morgan fingerprint density at radius 3 is 1.80 bits per heavy atom. The number of hydrogen-bond donors (Lipinski definition) is 1. The van der Waals surface area contributed by atoms with Crippen molar-refractivity contribution in [3.8, 4) is 0 Å². The van der Waals surface area contributed by atoms with Crippen LogP contribution >= 0.6 is 0 Å². The van der Waals surface area contributed by atoms with Gasteiger partial charge in [0.05, 0.1) is 51.8 Å². The number of hydrogen-bond acceptors (Lipinski definition) is 5. The number of unbranched alkanes of at least 4 members (excludes halogenated alkanes) is 1. The summed E-state index contributed by atoms with van der Waals surface area (Å²) in [6, 6.07) is 0. The Morgan fingerprint density at radius 2 is 1.30 bits per heavy atom. The van der Waals surface area contributed by atoms with Gasteiger partial charge in [-0.15, -0.1) is 0 Å². The van der Waals surface area contributed by atoms with Gasteiger partial charge in [-0.2, -0.15) is 0 Å². The van der Waals surface area contributed by atoms with Gasteiger partial charge in [0, 0.05) is 6.61 Å². The molecule has 0 bridgehead atoms. The van der Waals surface area contributed by atoms with E-state index in [2.05, 4.69) is 6.92 Å². The van der Waals surface area contributed by atoms with Crippen molar-refractivity contribution in [2.45, 2.75) is 52.2 Å². The second-order valence-corrected chi connectivity index (χ2v) is 4.74. The van der Waals surface area contributed by atoms with E-state index in [0.29, 0.717) is 46.1 Å². The SMILES string of the molecule is CCCCOCCOCCOCCOC(C)C(O)CC. The van der Waals surface area contributed by atoms with E-state index in [0.717, 1.165) is 19.4 Å². The van der Waals surface area contributed by atoms with Crippen LogP contribution in [0.5, 0.6) is 0 Å². The Kier molecular flexibility index (Phi) is 15.0. The van der Waals surface area contributed by atoms with E-state index in [1.165, 1.54) is 0 Å². The van der Waals surface area contributed by atoms with Crippen molar-refractivity contribution in [3.05, 3.63) is 0 Å². The normalized spacial score (nSPS) is 14.4. The Hall–Kier alpha value is -0.200. The van der Waals surface area contributed by atoms with Gasteiger partial charge in [-0.25, -0.2) is 0 Å². The maximum Gasteiger partial charge on any atom is 0.0806 e. The van der Waals surface area contributed by atoms with Gasteiger partial charge >= 0.3 is 0 Å². The second kappa shape index (κ2) is 15.2. The van der Waals surface area contributed by atoms with Crippen LogP contribution in [0.25, 0.3) is 0 Å². The average molecular weight is 292 g/mol. The molecule has 0 amide bonds. The number of aliphatic hydroxyl groups is 1. The lowest BCUT2D eigenvalue weighted by Crippen LogP contribution is -2.26. The van der Waals surface area contributed by atoms with Crippen LogP contribution in [0.2, 0.25) is 0 Å². The second-order valence-electron chi connectivity index (χ2n) is 4.74. The molecule has 0 spiro atoms. The highest BCUT2D eigenvalue weighted by atomic mass is 16.6. The Morgan fingerprint density at radius 1 is 0.800 bits per heavy atom. The van der Waals surface area contributed by atoms with Crippen molar-refractivity contribution in [2.24, 2.45) is 0 Å². The van der Waals surface area contributed by atoms with Crippen molar-refractivity contribution >= 4 is 0 Å². The quantitative estimate of drug-likeness (QED) is 0.468. The summed E-state index contributed by atoms with van der Waals surface area (Å²) in [6.45, 7) is 10.2. The molecule has 2 unspecified atom stereocenters. The highest BCUT2D eigenvalue weighted by molar-refractivity contribution is 4.60. The van der Waals surface area contributed by atoms with E-state index < -0.39 is 6.10 Å². The van der Waals surface area contributed by atoms with Crippen molar-refractivity contribution in [1.29, 1.82) is 0 Å². The molecule has 5 nitrogen and oxygen atoms in total. The Labute approximate surface area is 123 Å². The highest BCUT2D eigenvalue weighted by Gasteiger charge is 2.11. The molecule has 5 heteroatoms. The van der Waals surface area contributed by atoms with Gasteiger partial charge in [0.2, 0.25) is 0 Å². The van der Waals surface area contributed by atoms with E-state index >= 15 is 0 Å². The minimum atomic E-state index is -0.397. The van der Waals surface area contributed by atoms with Gasteiger partial charge in [0.1, 0.15) is 0 Å². The molecule has 0 aromatic rings. The zero-order valence-corrected chi connectivity index (χ0v) is 13.3. The first-order valence-electron chi connectivity index (χ1n) is 7.75. The fourth-order valence-corrected chi connectivity index (χ4v) is 1.52. The average Bonchev–Trinajstić information content (AvgIpc) is 2.47. The highest BCUT2D eigenvalue weighted by Crippen LogP contribution is 2.01. The fourth-order valence-electron chi connectivity index (χ4n) is 1.52. The third-order valence-electron chi connectivity index (χ3n) is 2.95. The molecule has 0 heterocycles. The molecule has 122 valence electrons. The third-order valence-corrected chi connectivity index (χ3v) is 2.95. The predicted octanol–water partition coefficient (Wildman–Crippen LogP) is 2.01. The van der Waals surface area contributed by atoms with Crippen LogP contribution in [0.15, 0.2) is 0 Å². The molecule has 0 aliphatic rings. The monoisotopic (exact) mass is 292 g/mol.